The number of hydrogen-bond acceptors (Lipinski definition) is 3. The van der Waals surface area contributed by atoms with Crippen LogP contribution in [0.2, 0.25) is 0 Å². The Kier molecular flexibility index (Phi) is 1.85. The molecule has 0 aromatic carbocycles. The first-order valence-corrected chi connectivity index (χ1v) is 4.31. The zero-order valence-corrected chi connectivity index (χ0v) is 8.13. The number of fused-ring (bicyclic) bond motifs is 1. The quantitative estimate of drug-likeness (QED) is 0.696. The van der Waals surface area contributed by atoms with Crippen LogP contribution >= 0.6 is 12.2 Å². The summed E-state index contributed by atoms with van der Waals surface area (Å²) in [7, 11) is 0. The first kappa shape index (κ1) is 8.89. The van der Waals surface area contributed by atoms with E-state index in [9.17, 15) is 4.79 Å². The van der Waals surface area contributed by atoms with Crippen molar-refractivity contribution in [1.82, 2.24) is 14.6 Å². The van der Waals surface area contributed by atoms with Crippen molar-refractivity contribution < 1.29 is 9.90 Å². The molecule has 6 heteroatoms. The van der Waals surface area contributed by atoms with Crippen molar-refractivity contribution in [2.24, 2.45) is 0 Å². The van der Waals surface area contributed by atoms with Crippen LogP contribution in [0, 0.1) is 11.6 Å². The molecule has 0 fully saturated rings. The molecule has 0 radical (unpaired) electrons. The van der Waals surface area contributed by atoms with E-state index in [4.69, 9.17) is 17.3 Å². The van der Waals surface area contributed by atoms with E-state index in [0.29, 0.717) is 10.3 Å². The van der Waals surface area contributed by atoms with Gasteiger partial charge < -0.3 is 5.11 Å². The fraction of sp³-hybridized carbons (Fsp3) is 0.125. The van der Waals surface area contributed by atoms with Crippen molar-refractivity contribution in [2.75, 3.05) is 0 Å². The molecule has 0 aliphatic rings. The molecule has 0 unspecified atom stereocenters. The lowest BCUT2D eigenvalue weighted by molar-refractivity contribution is 0.0690. The average molecular weight is 209 g/mol. The summed E-state index contributed by atoms with van der Waals surface area (Å²) in [6.07, 6.45) is 0. The maximum absolute atomic E-state index is 10.7. The number of aromatic nitrogens is 3. The van der Waals surface area contributed by atoms with Crippen molar-refractivity contribution >= 4 is 23.8 Å². The zero-order valence-electron chi connectivity index (χ0n) is 7.31. The molecule has 0 atom stereocenters. The fourth-order valence-corrected chi connectivity index (χ4v) is 1.47. The van der Waals surface area contributed by atoms with E-state index in [0.717, 1.165) is 5.69 Å². The number of nitrogens with zero attached hydrogens (tertiary/aromatic N) is 2. The number of carboxylic acid groups (broad SMARTS) is 1. The Balaban J connectivity index is 2.84. The van der Waals surface area contributed by atoms with E-state index in [2.05, 4.69) is 10.1 Å². The van der Waals surface area contributed by atoms with Crippen LogP contribution in [0.3, 0.4) is 0 Å². The van der Waals surface area contributed by atoms with E-state index >= 15 is 0 Å². The van der Waals surface area contributed by atoms with Gasteiger partial charge in [-0.15, -0.1) is 0 Å². The molecular formula is C8H7N3O2S. The number of aryl methyl sites for hydroxylation is 1. The molecule has 2 aromatic heterocycles. The summed E-state index contributed by atoms with van der Waals surface area (Å²) in [6.45, 7) is 1.85. The van der Waals surface area contributed by atoms with Gasteiger partial charge in [-0.25, -0.2) is 14.3 Å². The normalized spacial score (nSPS) is 10.6. The minimum atomic E-state index is -1.07. The number of carbonyl (C=O) groups is 1. The Labute approximate surface area is 84.0 Å². The Hall–Kier alpha value is -1.69. The van der Waals surface area contributed by atoms with Gasteiger partial charge in [0.25, 0.3) is 0 Å². The number of rotatable bonds is 1. The van der Waals surface area contributed by atoms with Crippen LogP contribution in [0.15, 0.2) is 12.1 Å². The molecule has 72 valence electrons. The molecule has 0 bridgehead atoms. The highest BCUT2D eigenvalue weighted by atomic mass is 32.1. The summed E-state index contributed by atoms with van der Waals surface area (Å²) in [4.78, 5) is 14.6. The van der Waals surface area contributed by atoms with E-state index in [1.165, 1.54) is 6.07 Å². The molecule has 0 aliphatic heterocycles. The third kappa shape index (κ3) is 1.29. The van der Waals surface area contributed by atoms with E-state index in [1.54, 1.807) is 10.6 Å². The number of H-pyrrole nitrogens is 1. The molecule has 2 heterocycles. The maximum Gasteiger partial charge on any atom is 0.354 e. The van der Waals surface area contributed by atoms with Crippen LogP contribution in [0.4, 0.5) is 0 Å². The lowest BCUT2D eigenvalue weighted by Gasteiger charge is -1.95. The Morgan fingerprint density at radius 3 is 3.00 bits per heavy atom. The van der Waals surface area contributed by atoms with Gasteiger partial charge in [0.2, 0.25) is 0 Å². The van der Waals surface area contributed by atoms with E-state index < -0.39 is 5.97 Å². The second kappa shape index (κ2) is 2.91. The summed E-state index contributed by atoms with van der Waals surface area (Å²) in [5, 5.41) is 11.7. The summed E-state index contributed by atoms with van der Waals surface area (Å²) >= 11 is 5.00. The molecule has 0 saturated heterocycles. The predicted molar refractivity (Wildman–Crippen MR) is 52.1 cm³/mol. The van der Waals surface area contributed by atoms with Gasteiger partial charge in [-0.2, -0.15) is 0 Å². The molecule has 2 rings (SSSR count). The van der Waals surface area contributed by atoms with Crippen LogP contribution in [0.5, 0.6) is 0 Å². The lowest BCUT2D eigenvalue weighted by Crippen LogP contribution is -2.03. The molecule has 0 amide bonds. The highest BCUT2D eigenvalue weighted by Crippen LogP contribution is 2.06. The zero-order chi connectivity index (χ0) is 10.3. The summed E-state index contributed by atoms with van der Waals surface area (Å²) in [5.74, 6) is -1.07. The molecule has 2 N–H and O–H groups in total. The average Bonchev–Trinajstić information content (AvgIpc) is 2.45. The second-order valence-corrected chi connectivity index (χ2v) is 3.34. The number of aromatic amines is 1. The van der Waals surface area contributed by atoms with Crippen LogP contribution < -0.4 is 0 Å². The van der Waals surface area contributed by atoms with E-state index in [-0.39, 0.29) is 5.69 Å². The standard InChI is InChI=1S/C8H7N3O2S/c1-4-2-6-9-5(8(12)13)3-7(14)11(6)10-4/h2-3,10H,1H3,(H,12,13). The molecule has 0 aliphatic carbocycles. The first-order valence-electron chi connectivity index (χ1n) is 3.90. The lowest BCUT2D eigenvalue weighted by atomic mass is 10.4. The van der Waals surface area contributed by atoms with Gasteiger partial charge in [-0.05, 0) is 6.92 Å². The number of aromatic carboxylic acids is 1. The SMILES string of the molecule is Cc1cc2nc(C(=O)O)cc(=S)n2[nH]1. The van der Waals surface area contributed by atoms with Crippen LogP contribution in [0.1, 0.15) is 16.2 Å². The molecular weight excluding hydrogens is 202 g/mol. The largest absolute Gasteiger partial charge is 0.477 e. The molecule has 2 aromatic rings. The van der Waals surface area contributed by atoms with Gasteiger partial charge in [0, 0.05) is 17.8 Å². The number of hydrogen-bond donors (Lipinski definition) is 2. The van der Waals surface area contributed by atoms with E-state index in [1.807, 2.05) is 6.92 Å². The highest BCUT2D eigenvalue weighted by molar-refractivity contribution is 7.71. The topological polar surface area (TPSA) is 70.4 Å². The number of nitrogens with one attached hydrogen (secondary N) is 1. The minimum Gasteiger partial charge on any atom is -0.477 e. The van der Waals surface area contributed by atoms with Gasteiger partial charge >= 0.3 is 5.97 Å². The third-order valence-electron chi connectivity index (χ3n) is 1.80. The third-order valence-corrected chi connectivity index (χ3v) is 2.10. The molecule has 0 saturated carbocycles. The van der Waals surface area contributed by atoms with Crippen molar-refractivity contribution in [3.63, 3.8) is 0 Å². The van der Waals surface area contributed by atoms with Crippen molar-refractivity contribution in [3.05, 3.63) is 28.2 Å². The minimum absolute atomic E-state index is 0.0333. The molecule has 0 spiro atoms. The smallest absolute Gasteiger partial charge is 0.354 e. The molecule has 5 nitrogen and oxygen atoms in total. The van der Waals surface area contributed by atoms with Crippen LogP contribution in [-0.2, 0) is 0 Å². The monoisotopic (exact) mass is 209 g/mol. The van der Waals surface area contributed by atoms with Gasteiger partial charge in [0.15, 0.2) is 11.3 Å². The predicted octanol–water partition coefficient (Wildman–Crippen LogP) is 1.40. The second-order valence-electron chi connectivity index (χ2n) is 2.92. The Morgan fingerprint density at radius 2 is 2.36 bits per heavy atom. The Bertz CT molecular complexity index is 569. The Morgan fingerprint density at radius 1 is 1.64 bits per heavy atom. The first-order chi connectivity index (χ1) is 6.58. The van der Waals surface area contributed by atoms with Gasteiger partial charge in [0.1, 0.15) is 4.64 Å². The maximum atomic E-state index is 10.7. The van der Waals surface area contributed by atoms with Crippen molar-refractivity contribution in [1.29, 1.82) is 0 Å². The summed E-state index contributed by atoms with van der Waals surface area (Å²) < 4.78 is 1.97. The fourth-order valence-electron chi connectivity index (χ4n) is 1.22. The van der Waals surface area contributed by atoms with Gasteiger partial charge in [-0.3, -0.25) is 5.10 Å². The molecule has 14 heavy (non-hydrogen) atoms. The van der Waals surface area contributed by atoms with Crippen molar-refractivity contribution in [2.45, 2.75) is 6.92 Å². The summed E-state index contributed by atoms with van der Waals surface area (Å²) in [6, 6.07) is 3.09. The highest BCUT2D eigenvalue weighted by Gasteiger charge is 2.07. The number of carboxylic acids is 1. The van der Waals surface area contributed by atoms with Crippen LogP contribution in [-0.4, -0.2) is 25.7 Å². The van der Waals surface area contributed by atoms with Gasteiger partial charge in [0.05, 0.1) is 0 Å². The van der Waals surface area contributed by atoms with Crippen LogP contribution in [0.25, 0.3) is 5.65 Å². The van der Waals surface area contributed by atoms with Crippen molar-refractivity contribution in [3.8, 4) is 0 Å². The summed E-state index contributed by atoms with van der Waals surface area (Å²) in [5.41, 5.74) is 1.37. The van der Waals surface area contributed by atoms with Gasteiger partial charge in [-0.1, -0.05) is 12.2 Å².